The molecule has 1 aliphatic carbocycles. The van der Waals surface area contributed by atoms with Crippen LogP contribution < -0.4 is 9.62 Å². The number of ketones is 1. The number of nitrogens with one attached hydrogen (secondary N) is 1. The van der Waals surface area contributed by atoms with Gasteiger partial charge in [0.25, 0.3) is 5.91 Å². The van der Waals surface area contributed by atoms with Crippen molar-refractivity contribution in [1.29, 1.82) is 0 Å². The SMILES string of the molecule is CC(=O)CNSN1CCN(c2ccc(CCC3C=Cc4cccc(C(=O)N5CCOCC5)c4C3)cc2)CC1. The number of amides is 1. The van der Waals surface area contributed by atoms with Crippen LogP contribution in [0.1, 0.15) is 40.4 Å². The van der Waals surface area contributed by atoms with Crippen molar-refractivity contribution in [2.75, 3.05) is 63.9 Å². The molecule has 1 unspecified atom stereocenters. The number of benzene rings is 2. The Labute approximate surface area is 230 Å². The highest BCUT2D eigenvalue weighted by atomic mass is 32.2. The van der Waals surface area contributed by atoms with Gasteiger partial charge in [-0.1, -0.05) is 36.4 Å². The van der Waals surface area contributed by atoms with Crippen LogP contribution in [0.25, 0.3) is 6.08 Å². The van der Waals surface area contributed by atoms with Gasteiger partial charge in [-0.15, -0.1) is 0 Å². The standard InChI is InChI=1S/C30H38N4O3S/c1-23(35)22-31-38-34-15-13-32(14-16-34)27-11-8-24(9-12-27)5-6-25-7-10-26-3-2-4-28(29(26)21-25)30(36)33-17-19-37-20-18-33/h2-4,7-12,25,31H,5-6,13-22H2,1H3. The van der Waals surface area contributed by atoms with Crippen LogP contribution in [0.3, 0.4) is 0 Å². The zero-order valence-corrected chi connectivity index (χ0v) is 23.0. The van der Waals surface area contributed by atoms with Gasteiger partial charge in [0.1, 0.15) is 5.78 Å². The minimum Gasteiger partial charge on any atom is -0.378 e. The van der Waals surface area contributed by atoms with Gasteiger partial charge in [0.2, 0.25) is 0 Å². The van der Waals surface area contributed by atoms with E-state index < -0.39 is 0 Å². The molecule has 2 fully saturated rings. The smallest absolute Gasteiger partial charge is 0.254 e. The highest BCUT2D eigenvalue weighted by molar-refractivity contribution is 7.95. The third-order valence-electron chi connectivity index (χ3n) is 7.61. The molecule has 7 nitrogen and oxygen atoms in total. The molecule has 2 heterocycles. The lowest BCUT2D eigenvalue weighted by molar-refractivity contribution is -0.115. The van der Waals surface area contributed by atoms with Crippen LogP contribution in [0.5, 0.6) is 0 Å². The lowest BCUT2D eigenvalue weighted by atomic mass is 9.83. The second-order valence-electron chi connectivity index (χ2n) is 10.3. The molecule has 1 atom stereocenters. The molecule has 0 bridgehead atoms. The van der Waals surface area contributed by atoms with E-state index in [0.717, 1.165) is 51.0 Å². The predicted octanol–water partition coefficient (Wildman–Crippen LogP) is 3.84. The Balaban J connectivity index is 1.12. The first-order valence-corrected chi connectivity index (χ1v) is 14.5. The Morgan fingerprint density at radius 1 is 1.00 bits per heavy atom. The summed E-state index contributed by atoms with van der Waals surface area (Å²) in [4.78, 5) is 28.7. The average Bonchev–Trinajstić information content (AvgIpc) is 2.96. The summed E-state index contributed by atoms with van der Waals surface area (Å²) in [5, 5.41) is 0. The molecular formula is C30H38N4O3S. The molecule has 0 saturated carbocycles. The third-order valence-corrected chi connectivity index (χ3v) is 8.51. The maximum atomic E-state index is 13.2. The summed E-state index contributed by atoms with van der Waals surface area (Å²) in [5.74, 6) is 0.730. The van der Waals surface area contributed by atoms with E-state index in [1.165, 1.54) is 22.4 Å². The van der Waals surface area contributed by atoms with Crippen LogP contribution in [0.4, 0.5) is 5.69 Å². The van der Waals surface area contributed by atoms with Gasteiger partial charge in [-0.25, -0.2) is 9.03 Å². The van der Waals surface area contributed by atoms with Crippen molar-refractivity contribution in [2.24, 2.45) is 5.92 Å². The molecule has 0 aromatic heterocycles. The van der Waals surface area contributed by atoms with E-state index in [9.17, 15) is 9.59 Å². The van der Waals surface area contributed by atoms with E-state index in [-0.39, 0.29) is 11.7 Å². The number of Topliss-reactive ketones (excluding diaryl/α,β-unsaturated/α-hetero) is 1. The minimum absolute atomic E-state index is 0.140. The molecule has 0 spiro atoms. The number of fused-ring (bicyclic) bond motifs is 1. The van der Waals surface area contributed by atoms with E-state index in [4.69, 9.17) is 4.74 Å². The topological polar surface area (TPSA) is 65.1 Å². The lowest BCUT2D eigenvalue weighted by Crippen LogP contribution is -2.44. The maximum absolute atomic E-state index is 13.2. The van der Waals surface area contributed by atoms with Crippen LogP contribution in [-0.2, 0) is 22.4 Å². The number of morpholine rings is 1. The molecule has 2 aromatic carbocycles. The van der Waals surface area contributed by atoms with E-state index in [2.05, 4.69) is 56.4 Å². The molecule has 2 saturated heterocycles. The predicted molar refractivity (Wildman–Crippen MR) is 154 cm³/mol. The molecular weight excluding hydrogens is 496 g/mol. The van der Waals surface area contributed by atoms with Crippen molar-refractivity contribution in [2.45, 2.75) is 26.2 Å². The number of nitrogens with zero attached hydrogens (tertiary/aromatic N) is 3. The number of hydrogen-bond acceptors (Lipinski definition) is 7. The van der Waals surface area contributed by atoms with Gasteiger partial charge >= 0.3 is 0 Å². The van der Waals surface area contributed by atoms with Gasteiger partial charge in [-0.05, 0) is 67.0 Å². The molecule has 8 heteroatoms. The number of carbonyl (C=O) groups excluding carboxylic acids is 2. The van der Waals surface area contributed by atoms with Crippen molar-refractivity contribution < 1.29 is 14.3 Å². The number of anilines is 1. The fourth-order valence-electron chi connectivity index (χ4n) is 5.38. The minimum atomic E-state index is 0.140. The Morgan fingerprint density at radius 3 is 2.50 bits per heavy atom. The quantitative estimate of drug-likeness (QED) is 0.491. The zero-order chi connectivity index (χ0) is 26.3. The third kappa shape index (κ3) is 6.86. The molecule has 38 heavy (non-hydrogen) atoms. The molecule has 3 aliphatic rings. The number of piperazine rings is 1. The molecule has 2 aliphatic heterocycles. The fourth-order valence-corrected chi connectivity index (χ4v) is 6.18. The molecule has 1 amide bonds. The monoisotopic (exact) mass is 534 g/mol. The van der Waals surface area contributed by atoms with E-state index >= 15 is 0 Å². The van der Waals surface area contributed by atoms with Crippen LogP contribution in [0.2, 0.25) is 0 Å². The second kappa shape index (κ2) is 12.9. The summed E-state index contributed by atoms with van der Waals surface area (Å²) in [6.07, 6.45) is 7.54. The molecule has 202 valence electrons. The number of rotatable bonds is 9. The highest BCUT2D eigenvalue weighted by Crippen LogP contribution is 2.30. The largest absolute Gasteiger partial charge is 0.378 e. The maximum Gasteiger partial charge on any atom is 0.254 e. The van der Waals surface area contributed by atoms with E-state index in [1.807, 2.05) is 17.0 Å². The van der Waals surface area contributed by atoms with Gasteiger partial charge in [0.15, 0.2) is 0 Å². The number of hydrogen-bond donors (Lipinski definition) is 1. The van der Waals surface area contributed by atoms with Crippen molar-refractivity contribution in [1.82, 2.24) is 13.9 Å². The van der Waals surface area contributed by atoms with Gasteiger partial charge < -0.3 is 14.5 Å². The lowest BCUT2D eigenvalue weighted by Gasteiger charge is -2.35. The Kier molecular flexibility index (Phi) is 9.17. The number of allylic oxidation sites excluding steroid dienone is 1. The average molecular weight is 535 g/mol. The first-order valence-electron chi connectivity index (χ1n) is 13.7. The van der Waals surface area contributed by atoms with Crippen molar-refractivity contribution >= 4 is 35.6 Å². The summed E-state index contributed by atoms with van der Waals surface area (Å²) in [6.45, 7) is 8.47. The normalized spacial score (nSPS) is 19.9. The summed E-state index contributed by atoms with van der Waals surface area (Å²) in [5.41, 5.74) is 5.86. The van der Waals surface area contributed by atoms with Gasteiger partial charge in [-0.3, -0.25) is 9.59 Å². The van der Waals surface area contributed by atoms with Crippen LogP contribution in [0.15, 0.2) is 48.5 Å². The number of ether oxygens (including phenoxy) is 1. The van der Waals surface area contributed by atoms with E-state index in [0.29, 0.717) is 38.8 Å². The van der Waals surface area contributed by atoms with Gasteiger partial charge in [-0.2, -0.15) is 0 Å². The van der Waals surface area contributed by atoms with Crippen LogP contribution in [0, 0.1) is 5.92 Å². The van der Waals surface area contributed by atoms with E-state index in [1.54, 1.807) is 19.1 Å². The zero-order valence-electron chi connectivity index (χ0n) is 22.2. The molecule has 5 rings (SSSR count). The number of carbonyl (C=O) groups is 2. The summed E-state index contributed by atoms with van der Waals surface area (Å²) < 4.78 is 10.8. The first-order chi connectivity index (χ1) is 18.6. The Bertz CT molecular complexity index is 1140. The first kappa shape index (κ1) is 26.9. The fraction of sp³-hybridized carbons (Fsp3) is 0.467. The van der Waals surface area contributed by atoms with Crippen molar-refractivity contribution in [3.05, 3.63) is 70.8 Å². The Morgan fingerprint density at radius 2 is 1.76 bits per heavy atom. The Hall–Kier alpha value is -2.65. The van der Waals surface area contributed by atoms with Crippen molar-refractivity contribution in [3.8, 4) is 0 Å². The number of aryl methyl sites for hydroxylation is 1. The summed E-state index contributed by atoms with van der Waals surface area (Å²) in [7, 11) is 0. The summed E-state index contributed by atoms with van der Waals surface area (Å²) in [6, 6.07) is 15.1. The molecule has 0 radical (unpaired) electrons. The highest BCUT2D eigenvalue weighted by Gasteiger charge is 2.25. The van der Waals surface area contributed by atoms with Crippen LogP contribution in [-0.4, -0.2) is 79.9 Å². The molecule has 2 aromatic rings. The van der Waals surface area contributed by atoms with Crippen LogP contribution >= 0.6 is 12.1 Å². The van der Waals surface area contributed by atoms with Gasteiger partial charge in [0.05, 0.1) is 19.8 Å². The second-order valence-corrected chi connectivity index (χ2v) is 11.3. The summed E-state index contributed by atoms with van der Waals surface area (Å²) >= 11 is 1.55. The van der Waals surface area contributed by atoms with Gasteiger partial charge in [0, 0.05) is 62.7 Å². The molecule has 1 N–H and O–H groups in total. The van der Waals surface area contributed by atoms with Crippen molar-refractivity contribution in [3.63, 3.8) is 0 Å².